The van der Waals surface area contributed by atoms with Crippen molar-refractivity contribution in [3.05, 3.63) is 64.0 Å². The number of nitro groups is 1. The first-order valence-electron chi connectivity index (χ1n) is 7.34. The molecule has 2 aromatic carbocycles. The number of hydrogen-bond donors (Lipinski definition) is 0. The Bertz CT molecular complexity index is 885. The monoisotopic (exact) mass is 310 g/mol. The third kappa shape index (κ3) is 2.75. The maximum atomic E-state index is 10.8. The molecule has 0 bridgehead atoms. The van der Waals surface area contributed by atoms with E-state index in [1.165, 1.54) is 6.07 Å². The summed E-state index contributed by atoms with van der Waals surface area (Å²) in [6.45, 7) is 2.51. The van der Waals surface area contributed by atoms with Crippen LogP contribution in [-0.4, -0.2) is 21.5 Å². The van der Waals surface area contributed by atoms with Gasteiger partial charge in [0.1, 0.15) is 5.82 Å². The molecule has 0 fully saturated rings. The number of hydrogen-bond acceptors (Lipinski definition) is 4. The van der Waals surface area contributed by atoms with Gasteiger partial charge in [-0.3, -0.25) is 10.1 Å². The molecule has 6 heteroatoms. The highest BCUT2D eigenvalue weighted by molar-refractivity contribution is 5.75. The van der Waals surface area contributed by atoms with Crippen LogP contribution < -0.4 is 4.90 Å². The Labute approximate surface area is 134 Å². The van der Waals surface area contributed by atoms with Gasteiger partial charge in [-0.15, -0.1) is 0 Å². The average Bonchev–Trinajstić information content (AvgIpc) is 2.83. The molecule has 118 valence electrons. The Morgan fingerprint density at radius 2 is 2.00 bits per heavy atom. The van der Waals surface area contributed by atoms with Crippen LogP contribution in [-0.2, 0) is 13.6 Å². The summed E-state index contributed by atoms with van der Waals surface area (Å²) in [5, 5.41) is 10.8. The largest absolute Gasteiger partial charge is 0.367 e. The second kappa shape index (κ2) is 5.72. The zero-order valence-electron chi connectivity index (χ0n) is 13.4. The van der Waals surface area contributed by atoms with E-state index in [4.69, 9.17) is 0 Å². The van der Waals surface area contributed by atoms with Gasteiger partial charge in [0.25, 0.3) is 5.69 Å². The predicted molar refractivity (Wildman–Crippen MR) is 90.7 cm³/mol. The number of aromatic nitrogens is 2. The van der Waals surface area contributed by atoms with E-state index >= 15 is 0 Å². The molecular formula is C17H18N4O2. The lowest BCUT2D eigenvalue weighted by molar-refractivity contribution is -0.384. The van der Waals surface area contributed by atoms with Crippen LogP contribution in [0.1, 0.15) is 11.4 Å². The molecular weight excluding hydrogens is 292 g/mol. The quantitative estimate of drug-likeness (QED) is 0.547. The number of benzene rings is 2. The summed E-state index contributed by atoms with van der Waals surface area (Å²) in [5.41, 5.74) is 4.01. The summed E-state index contributed by atoms with van der Waals surface area (Å²) in [6.07, 6.45) is 0. The molecule has 1 aromatic heterocycles. The lowest BCUT2D eigenvalue weighted by atomic mass is 10.1. The summed E-state index contributed by atoms with van der Waals surface area (Å²) >= 11 is 0. The first-order valence-corrected chi connectivity index (χ1v) is 7.34. The summed E-state index contributed by atoms with van der Waals surface area (Å²) in [5.74, 6) is 0.950. The minimum absolute atomic E-state index is 0.113. The fraction of sp³-hybridized carbons (Fsp3) is 0.235. The molecule has 3 rings (SSSR count). The number of aryl methyl sites for hydroxylation is 2. The Morgan fingerprint density at radius 3 is 2.65 bits per heavy atom. The van der Waals surface area contributed by atoms with Crippen LogP contribution in [0.2, 0.25) is 0 Å². The van der Waals surface area contributed by atoms with Gasteiger partial charge >= 0.3 is 0 Å². The van der Waals surface area contributed by atoms with E-state index in [2.05, 4.69) is 14.5 Å². The van der Waals surface area contributed by atoms with Crippen molar-refractivity contribution in [3.63, 3.8) is 0 Å². The van der Waals surface area contributed by atoms with Crippen molar-refractivity contribution in [2.75, 3.05) is 11.9 Å². The highest BCUT2D eigenvalue weighted by Crippen LogP contribution is 2.25. The van der Waals surface area contributed by atoms with E-state index < -0.39 is 0 Å². The highest BCUT2D eigenvalue weighted by atomic mass is 16.6. The van der Waals surface area contributed by atoms with E-state index in [0.29, 0.717) is 6.54 Å². The normalized spacial score (nSPS) is 10.9. The third-order valence-corrected chi connectivity index (χ3v) is 4.06. The van der Waals surface area contributed by atoms with Crippen molar-refractivity contribution in [3.8, 4) is 0 Å². The fourth-order valence-corrected chi connectivity index (χ4v) is 2.82. The van der Waals surface area contributed by atoms with Gasteiger partial charge < -0.3 is 9.47 Å². The van der Waals surface area contributed by atoms with Gasteiger partial charge in [0.05, 0.1) is 22.5 Å². The third-order valence-electron chi connectivity index (χ3n) is 4.06. The second-order valence-electron chi connectivity index (χ2n) is 5.66. The molecule has 0 aliphatic rings. The van der Waals surface area contributed by atoms with Crippen LogP contribution in [0.5, 0.6) is 0 Å². The lowest BCUT2D eigenvalue weighted by Crippen LogP contribution is -2.20. The van der Waals surface area contributed by atoms with Crippen molar-refractivity contribution in [1.29, 1.82) is 0 Å². The molecule has 0 amide bonds. The molecule has 0 radical (unpaired) electrons. The highest BCUT2D eigenvalue weighted by Gasteiger charge is 2.14. The topological polar surface area (TPSA) is 64.2 Å². The fourth-order valence-electron chi connectivity index (χ4n) is 2.82. The number of non-ortho nitro benzene ring substituents is 1. The van der Waals surface area contributed by atoms with Crippen LogP contribution >= 0.6 is 0 Å². The molecule has 6 nitrogen and oxygen atoms in total. The summed E-state index contributed by atoms with van der Waals surface area (Å²) < 4.78 is 2.08. The molecule has 0 atom stereocenters. The molecule has 0 N–H and O–H groups in total. The minimum Gasteiger partial charge on any atom is -0.367 e. The molecule has 0 saturated carbocycles. The van der Waals surface area contributed by atoms with E-state index in [1.54, 1.807) is 12.1 Å². The van der Waals surface area contributed by atoms with Crippen molar-refractivity contribution in [2.45, 2.75) is 13.5 Å². The summed E-state index contributed by atoms with van der Waals surface area (Å²) in [6, 6.07) is 12.9. The van der Waals surface area contributed by atoms with Crippen molar-refractivity contribution >= 4 is 22.4 Å². The smallest absolute Gasteiger partial charge is 0.269 e. The molecule has 0 spiro atoms. The van der Waals surface area contributed by atoms with E-state index in [-0.39, 0.29) is 10.6 Å². The molecule has 0 unspecified atom stereocenters. The number of fused-ring (bicyclic) bond motifs is 1. The summed E-state index contributed by atoms with van der Waals surface area (Å²) in [7, 11) is 3.97. The van der Waals surface area contributed by atoms with Crippen LogP contribution in [0.15, 0.2) is 42.5 Å². The van der Waals surface area contributed by atoms with Gasteiger partial charge in [-0.25, -0.2) is 4.98 Å². The Morgan fingerprint density at radius 1 is 1.26 bits per heavy atom. The van der Waals surface area contributed by atoms with Crippen LogP contribution in [0.4, 0.5) is 11.4 Å². The van der Waals surface area contributed by atoms with Crippen molar-refractivity contribution < 1.29 is 4.92 Å². The molecule has 1 heterocycles. The second-order valence-corrected chi connectivity index (χ2v) is 5.66. The van der Waals surface area contributed by atoms with Crippen LogP contribution in [0.25, 0.3) is 11.0 Å². The van der Waals surface area contributed by atoms with E-state index in [9.17, 15) is 10.1 Å². The van der Waals surface area contributed by atoms with Crippen LogP contribution in [0.3, 0.4) is 0 Å². The van der Waals surface area contributed by atoms with Gasteiger partial charge in [-0.2, -0.15) is 0 Å². The molecule has 23 heavy (non-hydrogen) atoms. The Kier molecular flexibility index (Phi) is 3.73. The Balaban J connectivity index is 1.90. The first-order chi connectivity index (χ1) is 11.0. The first kappa shape index (κ1) is 15.0. The maximum Gasteiger partial charge on any atom is 0.269 e. The minimum atomic E-state index is -0.373. The lowest BCUT2D eigenvalue weighted by Gasteiger charge is -2.21. The predicted octanol–water partition coefficient (Wildman–Crippen LogP) is 3.43. The number of nitrogens with zero attached hydrogens (tertiary/aromatic N) is 4. The number of nitro benzene ring substituents is 1. The van der Waals surface area contributed by atoms with E-state index in [0.717, 1.165) is 28.1 Å². The summed E-state index contributed by atoms with van der Waals surface area (Å²) in [4.78, 5) is 17.2. The van der Waals surface area contributed by atoms with Gasteiger partial charge in [0.2, 0.25) is 0 Å². The van der Waals surface area contributed by atoms with Gasteiger partial charge in [0, 0.05) is 31.9 Å². The van der Waals surface area contributed by atoms with Crippen molar-refractivity contribution in [1.82, 2.24) is 9.55 Å². The van der Waals surface area contributed by atoms with Crippen LogP contribution in [0, 0.1) is 17.0 Å². The average molecular weight is 310 g/mol. The van der Waals surface area contributed by atoms with Gasteiger partial charge in [0.15, 0.2) is 0 Å². The number of para-hydroxylation sites is 2. The van der Waals surface area contributed by atoms with Gasteiger partial charge in [-0.1, -0.05) is 12.1 Å². The standard InChI is InChI=1S/C17H18N4O2/c1-12-10-13(21(22)23)8-9-15(12)19(2)11-17-18-14-6-4-5-7-16(14)20(17)3/h4-10H,11H2,1-3H3. The van der Waals surface area contributed by atoms with Crippen molar-refractivity contribution in [2.24, 2.45) is 7.05 Å². The molecule has 0 saturated heterocycles. The maximum absolute atomic E-state index is 10.8. The number of rotatable bonds is 4. The Hall–Kier alpha value is -2.89. The zero-order chi connectivity index (χ0) is 16.6. The zero-order valence-corrected chi connectivity index (χ0v) is 13.4. The molecule has 0 aliphatic carbocycles. The van der Waals surface area contributed by atoms with Gasteiger partial charge in [-0.05, 0) is 30.7 Å². The number of imidazole rings is 1. The molecule has 0 aliphatic heterocycles. The van der Waals surface area contributed by atoms with E-state index in [1.807, 2.05) is 45.3 Å². The molecule has 3 aromatic rings. The number of anilines is 1. The SMILES string of the molecule is Cc1cc([N+](=O)[O-])ccc1N(C)Cc1nc2ccccc2n1C.